The Morgan fingerprint density at radius 2 is 2.09 bits per heavy atom. The first kappa shape index (κ1) is 16.0. The largest absolute Gasteiger partial charge is 0.395 e. The van der Waals surface area contributed by atoms with Crippen LogP contribution in [0.2, 0.25) is 0 Å². The number of carbonyl (C=O) groups is 2. The first-order valence-corrected chi connectivity index (χ1v) is 7.21. The number of aromatic nitrogens is 1. The average molecular weight is 303 g/mol. The Labute approximate surface area is 129 Å². The van der Waals surface area contributed by atoms with Gasteiger partial charge in [0, 0.05) is 44.0 Å². The summed E-state index contributed by atoms with van der Waals surface area (Å²) >= 11 is 0. The molecule has 0 aliphatic rings. The van der Waals surface area contributed by atoms with Crippen LogP contribution < -0.4 is 5.32 Å². The van der Waals surface area contributed by atoms with Gasteiger partial charge in [-0.15, -0.1) is 0 Å². The lowest BCUT2D eigenvalue weighted by molar-refractivity contribution is -0.135. The Morgan fingerprint density at radius 3 is 2.77 bits per heavy atom. The van der Waals surface area contributed by atoms with Gasteiger partial charge in [-0.2, -0.15) is 0 Å². The van der Waals surface area contributed by atoms with Gasteiger partial charge >= 0.3 is 0 Å². The number of benzene rings is 1. The minimum Gasteiger partial charge on any atom is -0.395 e. The summed E-state index contributed by atoms with van der Waals surface area (Å²) in [4.78, 5) is 28.4. The molecule has 0 spiro atoms. The van der Waals surface area contributed by atoms with Crippen molar-refractivity contribution in [3.63, 3.8) is 0 Å². The molecule has 3 N–H and O–H groups in total. The maximum atomic E-state index is 12.4. The summed E-state index contributed by atoms with van der Waals surface area (Å²) in [7, 11) is 1.61. The molecule has 0 aliphatic heterocycles. The molecule has 0 aliphatic carbocycles. The van der Waals surface area contributed by atoms with Crippen molar-refractivity contribution in [3.8, 4) is 0 Å². The van der Waals surface area contributed by atoms with Gasteiger partial charge in [0.1, 0.15) is 6.04 Å². The number of rotatable bonds is 6. The van der Waals surface area contributed by atoms with Gasteiger partial charge in [0.15, 0.2) is 0 Å². The number of aliphatic hydroxyl groups excluding tert-OH is 1. The van der Waals surface area contributed by atoms with Crippen LogP contribution in [0.1, 0.15) is 12.5 Å². The second kappa shape index (κ2) is 7.09. The van der Waals surface area contributed by atoms with Crippen molar-refractivity contribution in [2.45, 2.75) is 19.4 Å². The highest BCUT2D eigenvalue weighted by Gasteiger charge is 2.24. The highest BCUT2D eigenvalue weighted by atomic mass is 16.3. The van der Waals surface area contributed by atoms with Crippen molar-refractivity contribution in [2.75, 3.05) is 20.2 Å². The molecule has 1 atom stereocenters. The van der Waals surface area contributed by atoms with Gasteiger partial charge in [-0.1, -0.05) is 18.2 Å². The van der Waals surface area contributed by atoms with E-state index in [0.717, 1.165) is 16.5 Å². The second-order valence-electron chi connectivity index (χ2n) is 5.30. The molecular weight excluding hydrogens is 282 g/mol. The van der Waals surface area contributed by atoms with Crippen molar-refractivity contribution >= 4 is 22.7 Å². The lowest BCUT2D eigenvalue weighted by atomic mass is 10.0. The molecule has 118 valence electrons. The fourth-order valence-electron chi connectivity index (χ4n) is 2.49. The molecule has 0 saturated carbocycles. The molecular formula is C16H21N3O3. The Morgan fingerprint density at radius 1 is 1.36 bits per heavy atom. The third-order valence-electron chi connectivity index (χ3n) is 3.59. The van der Waals surface area contributed by atoms with Gasteiger partial charge in [0.25, 0.3) is 0 Å². The minimum atomic E-state index is -0.645. The summed E-state index contributed by atoms with van der Waals surface area (Å²) in [6.45, 7) is 1.52. The lowest BCUT2D eigenvalue weighted by Crippen LogP contribution is -2.48. The van der Waals surface area contributed by atoms with Crippen molar-refractivity contribution in [1.82, 2.24) is 15.2 Å². The van der Waals surface area contributed by atoms with Crippen LogP contribution >= 0.6 is 0 Å². The average Bonchev–Trinajstić information content (AvgIpc) is 2.89. The van der Waals surface area contributed by atoms with Crippen molar-refractivity contribution in [3.05, 3.63) is 36.0 Å². The zero-order valence-electron chi connectivity index (χ0n) is 12.8. The topological polar surface area (TPSA) is 85.4 Å². The molecule has 6 heteroatoms. The Balaban J connectivity index is 2.22. The van der Waals surface area contributed by atoms with E-state index in [9.17, 15) is 9.59 Å². The molecule has 0 fully saturated rings. The monoisotopic (exact) mass is 303 g/mol. The molecule has 0 bridgehead atoms. The third kappa shape index (κ3) is 3.65. The minimum absolute atomic E-state index is 0.109. The Hall–Kier alpha value is -2.34. The molecule has 6 nitrogen and oxygen atoms in total. The van der Waals surface area contributed by atoms with Crippen molar-refractivity contribution < 1.29 is 14.7 Å². The highest BCUT2D eigenvalue weighted by Crippen LogP contribution is 2.19. The van der Waals surface area contributed by atoms with E-state index in [1.807, 2.05) is 30.5 Å². The molecule has 2 aromatic rings. The number of fused-ring (bicyclic) bond motifs is 1. The van der Waals surface area contributed by atoms with Crippen LogP contribution in [0.15, 0.2) is 30.5 Å². The van der Waals surface area contributed by atoms with Crippen LogP contribution in [0.25, 0.3) is 10.9 Å². The Kier molecular flexibility index (Phi) is 5.16. The van der Waals surface area contributed by atoms with Crippen LogP contribution in [0, 0.1) is 0 Å². The molecule has 1 aromatic heterocycles. The molecule has 1 heterocycles. The molecule has 2 rings (SSSR count). The number of para-hydroxylation sites is 1. The number of aliphatic hydroxyl groups is 1. The van der Waals surface area contributed by atoms with Crippen LogP contribution in [0.3, 0.4) is 0 Å². The summed E-state index contributed by atoms with van der Waals surface area (Å²) in [5, 5.41) is 12.7. The predicted octanol–water partition coefficient (Wildman–Crippen LogP) is 0.666. The highest BCUT2D eigenvalue weighted by molar-refractivity contribution is 5.89. The van der Waals surface area contributed by atoms with E-state index in [0.29, 0.717) is 6.42 Å². The van der Waals surface area contributed by atoms with Gasteiger partial charge in [0.05, 0.1) is 6.61 Å². The fraction of sp³-hybridized carbons (Fsp3) is 0.375. The van der Waals surface area contributed by atoms with Crippen LogP contribution in [-0.2, 0) is 16.0 Å². The van der Waals surface area contributed by atoms with E-state index in [1.54, 1.807) is 7.05 Å². The van der Waals surface area contributed by atoms with Crippen LogP contribution in [0.5, 0.6) is 0 Å². The van der Waals surface area contributed by atoms with E-state index in [4.69, 9.17) is 5.11 Å². The predicted molar refractivity (Wildman–Crippen MR) is 84.3 cm³/mol. The number of aromatic amines is 1. The van der Waals surface area contributed by atoms with Crippen molar-refractivity contribution in [2.24, 2.45) is 0 Å². The molecule has 1 unspecified atom stereocenters. The second-order valence-corrected chi connectivity index (χ2v) is 5.30. The zero-order valence-corrected chi connectivity index (χ0v) is 12.8. The SMILES string of the molecule is CC(=O)NC(Cc1c[nH]c2ccccc12)C(=O)N(C)CCO. The number of nitrogens with zero attached hydrogens (tertiary/aromatic N) is 1. The number of amides is 2. The molecule has 0 radical (unpaired) electrons. The van der Waals surface area contributed by atoms with Gasteiger partial charge < -0.3 is 20.3 Å². The normalized spacial score (nSPS) is 12.1. The molecule has 1 aromatic carbocycles. The summed E-state index contributed by atoms with van der Waals surface area (Å²) in [5.41, 5.74) is 1.97. The molecule has 2 amide bonds. The molecule has 22 heavy (non-hydrogen) atoms. The standard InChI is InChI=1S/C16H21N3O3/c1-11(21)18-15(16(22)19(2)7-8-20)9-12-10-17-14-6-4-3-5-13(12)14/h3-6,10,15,17,20H,7-9H2,1-2H3,(H,18,21). The third-order valence-corrected chi connectivity index (χ3v) is 3.59. The van der Waals surface area contributed by atoms with E-state index in [1.165, 1.54) is 11.8 Å². The van der Waals surface area contributed by atoms with Gasteiger partial charge in [-0.3, -0.25) is 9.59 Å². The first-order chi connectivity index (χ1) is 10.5. The lowest BCUT2D eigenvalue weighted by Gasteiger charge is -2.23. The van der Waals surface area contributed by atoms with E-state index in [2.05, 4.69) is 10.3 Å². The molecule has 0 saturated heterocycles. The zero-order chi connectivity index (χ0) is 16.1. The summed E-state index contributed by atoms with van der Waals surface area (Å²) in [5.74, 6) is -0.467. The van der Waals surface area contributed by atoms with Gasteiger partial charge in [0.2, 0.25) is 11.8 Å². The number of likely N-dealkylation sites (N-methyl/N-ethyl adjacent to an activating group) is 1. The van der Waals surface area contributed by atoms with E-state index in [-0.39, 0.29) is 25.0 Å². The number of hydrogen-bond donors (Lipinski definition) is 3. The smallest absolute Gasteiger partial charge is 0.245 e. The van der Waals surface area contributed by atoms with E-state index < -0.39 is 6.04 Å². The fourth-order valence-corrected chi connectivity index (χ4v) is 2.49. The maximum absolute atomic E-state index is 12.4. The van der Waals surface area contributed by atoms with Gasteiger partial charge in [-0.25, -0.2) is 0 Å². The van der Waals surface area contributed by atoms with Crippen molar-refractivity contribution in [1.29, 1.82) is 0 Å². The maximum Gasteiger partial charge on any atom is 0.245 e. The quantitative estimate of drug-likeness (QED) is 0.733. The summed E-state index contributed by atoms with van der Waals surface area (Å²) < 4.78 is 0. The number of hydrogen-bond acceptors (Lipinski definition) is 3. The van der Waals surface area contributed by atoms with Crippen LogP contribution in [0.4, 0.5) is 0 Å². The first-order valence-electron chi connectivity index (χ1n) is 7.21. The van der Waals surface area contributed by atoms with Gasteiger partial charge in [-0.05, 0) is 11.6 Å². The summed E-state index contributed by atoms with van der Waals surface area (Å²) in [6.07, 6.45) is 2.26. The number of nitrogens with one attached hydrogen (secondary N) is 2. The summed E-state index contributed by atoms with van der Waals surface area (Å²) in [6, 6.07) is 7.18. The number of H-pyrrole nitrogens is 1. The van der Waals surface area contributed by atoms with Crippen LogP contribution in [-0.4, -0.2) is 53.0 Å². The Bertz CT molecular complexity index is 665. The number of carbonyl (C=O) groups excluding carboxylic acids is 2. The van der Waals surface area contributed by atoms with E-state index >= 15 is 0 Å².